The van der Waals surface area contributed by atoms with Gasteiger partial charge >= 0.3 is 0 Å². The number of rotatable bonds is 7. The molecular formula is C31H31N3O4S. The second kappa shape index (κ2) is 11.4. The highest BCUT2D eigenvalue weighted by Gasteiger charge is 2.15. The lowest BCUT2D eigenvalue weighted by Crippen LogP contribution is -2.36. The van der Waals surface area contributed by atoms with Crippen molar-refractivity contribution in [1.82, 2.24) is 10.3 Å². The Balaban J connectivity index is 1.29. The molecule has 39 heavy (non-hydrogen) atoms. The number of ether oxygens (including phenoxy) is 1. The molecule has 4 aromatic rings. The third kappa shape index (κ3) is 6.35. The van der Waals surface area contributed by atoms with Crippen molar-refractivity contribution >= 4 is 21.4 Å². The fourth-order valence-electron chi connectivity index (χ4n) is 4.73. The average Bonchev–Trinajstić information content (AvgIpc) is 2.96. The summed E-state index contributed by atoms with van der Waals surface area (Å²) in [7, 11) is -3.42. The van der Waals surface area contributed by atoms with Gasteiger partial charge in [0, 0.05) is 36.8 Å². The number of aromatic nitrogens is 1. The number of sulfone groups is 1. The van der Waals surface area contributed by atoms with E-state index < -0.39 is 9.84 Å². The van der Waals surface area contributed by atoms with Crippen LogP contribution < -0.4 is 10.2 Å². The Hall–Kier alpha value is -4.01. The van der Waals surface area contributed by atoms with E-state index in [0.717, 1.165) is 54.8 Å². The van der Waals surface area contributed by atoms with Crippen LogP contribution in [0.15, 0.2) is 90.0 Å². The van der Waals surface area contributed by atoms with E-state index >= 15 is 0 Å². The van der Waals surface area contributed by atoms with E-state index in [9.17, 15) is 13.2 Å². The number of amides is 1. The Kier molecular flexibility index (Phi) is 7.77. The van der Waals surface area contributed by atoms with Gasteiger partial charge in [-0.1, -0.05) is 36.4 Å². The first-order valence-corrected chi connectivity index (χ1v) is 14.7. The second-order valence-corrected chi connectivity index (χ2v) is 11.7. The molecule has 1 aliphatic heterocycles. The summed E-state index contributed by atoms with van der Waals surface area (Å²) < 4.78 is 29.5. The van der Waals surface area contributed by atoms with Crippen LogP contribution in [-0.4, -0.2) is 51.9 Å². The molecule has 7 nitrogen and oxygen atoms in total. The van der Waals surface area contributed by atoms with Gasteiger partial charge in [-0.3, -0.25) is 9.78 Å². The van der Waals surface area contributed by atoms with Crippen molar-refractivity contribution in [3.05, 3.63) is 102 Å². The van der Waals surface area contributed by atoms with Crippen molar-refractivity contribution in [3.63, 3.8) is 0 Å². The van der Waals surface area contributed by atoms with E-state index in [1.165, 1.54) is 11.8 Å². The highest BCUT2D eigenvalue weighted by Crippen LogP contribution is 2.28. The molecule has 0 atom stereocenters. The Bertz CT molecular complexity index is 1590. The number of hydrogen-bond donors (Lipinski definition) is 1. The summed E-state index contributed by atoms with van der Waals surface area (Å²) >= 11 is 0. The number of hydrogen-bond acceptors (Lipinski definition) is 6. The van der Waals surface area contributed by atoms with Crippen molar-refractivity contribution in [3.8, 4) is 22.3 Å². The molecule has 1 aromatic heterocycles. The van der Waals surface area contributed by atoms with Gasteiger partial charge in [0.25, 0.3) is 5.91 Å². The number of benzene rings is 3. The fourth-order valence-corrected chi connectivity index (χ4v) is 5.73. The number of carbonyl (C=O) groups excluding carboxylic acids is 1. The SMILES string of the molecule is Cc1ccc(C(=O)NCc2cc(-c3cccc(-c4ccc(N5CCOCC5)cc4)c3)ccn2)cc1S(C)(=O)=O. The zero-order chi connectivity index (χ0) is 27.4. The highest BCUT2D eigenvalue weighted by molar-refractivity contribution is 7.90. The number of pyridine rings is 1. The van der Waals surface area contributed by atoms with Crippen LogP contribution in [0.25, 0.3) is 22.3 Å². The Morgan fingerprint density at radius 3 is 2.31 bits per heavy atom. The Morgan fingerprint density at radius 1 is 0.897 bits per heavy atom. The topological polar surface area (TPSA) is 88.6 Å². The molecule has 1 saturated heterocycles. The zero-order valence-corrected chi connectivity index (χ0v) is 22.9. The standard InChI is InChI=1S/C31H31N3O4S/c1-22-6-7-27(20-30(22)39(2,36)37)31(35)33-21-28-19-26(12-13-32-28)25-5-3-4-24(18-25)23-8-10-29(11-9-23)34-14-16-38-17-15-34/h3-13,18-20H,14-17,21H2,1-2H3,(H,33,35). The Morgan fingerprint density at radius 2 is 1.59 bits per heavy atom. The number of nitrogens with one attached hydrogen (secondary N) is 1. The molecule has 200 valence electrons. The molecule has 1 N–H and O–H groups in total. The fraction of sp³-hybridized carbons (Fsp3) is 0.226. The molecule has 1 amide bonds. The quantitative estimate of drug-likeness (QED) is 0.358. The molecule has 3 aromatic carbocycles. The van der Waals surface area contributed by atoms with Crippen molar-refractivity contribution < 1.29 is 17.9 Å². The van der Waals surface area contributed by atoms with Gasteiger partial charge in [0.2, 0.25) is 0 Å². The van der Waals surface area contributed by atoms with Gasteiger partial charge in [0.15, 0.2) is 9.84 Å². The van der Waals surface area contributed by atoms with Gasteiger partial charge in [0.05, 0.1) is 30.3 Å². The summed E-state index contributed by atoms with van der Waals surface area (Å²) in [6.07, 6.45) is 2.87. The van der Waals surface area contributed by atoms with Crippen molar-refractivity contribution in [2.75, 3.05) is 37.5 Å². The summed E-state index contributed by atoms with van der Waals surface area (Å²) in [5.41, 5.74) is 7.12. The average molecular weight is 542 g/mol. The van der Waals surface area contributed by atoms with E-state index in [2.05, 4.69) is 57.7 Å². The smallest absolute Gasteiger partial charge is 0.251 e. The third-order valence-electron chi connectivity index (χ3n) is 6.87. The van der Waals surface area contributed by atoms with Crippen LogP contribution in [0.5, 0.6) is 0 Å². The van der Waals surface area contributed by atoms with E-state index in [1.807, 2.05) is 18.2 Å². The first kappa shape index (κ1) is 26.6. The molecule has 8 heteroatoms. The van der Waals surface area contributed by atoms with Crippen molar-refractivity contribution in [2.24, 2.45) is 0 Å². The maximum atomic E-state index is 12.7. The lowest BCUT2D eigenvalue weighted by molar-refractivity contribution is 0.0950. The predicted octanol–water partition coefficient (Wildman–Crippen LogP) is 4.89. The molecular weight excluding hydrogens is 510 g/mol. The Labute approximate surface area is 229 Å². The molecule has 2 heterocycles. The summed E-state index contributed by atoms with van der Waals surface area (Å²) in [6, 6.07) is 25.6. The van der Waals surface area contributed by atoms with E-state index in [0.29, 0.717) is 16.8 Å². The number of carbonyl (C=O) groups is 1. The van der Waals surface area contributed by atoms with Crippen LogP contribution in [0.1, 0.15) is 21.6 Å². The summed E-state index contributed by atoms with van der Waals surface area (Å²) in [6.45, 7) is 5.27. The molecule has 0 saturated carbocycles. The first-order valence-electron chi connectivity index (χ1n) is 12.9. The number of aryl methyl sites for hydroxylation is 1. The van der Waals surface area contributed by atoms with E-state index in [-0.39, 0.29) is 17.3 Å². The van der Waals surface area contributed by atoms with Crippen molar-refractivity contribution in [1.29, 1.82) is 0 Å². The maximum absolute atomic E-state index is 12.7. The number of morpholine rings is 1. The molecule has 0 aliphatic carbocycles. The second-order valence-electron chi connectivity index (χ2n) is 9.70. The van der Waals surface area contributed by atoms with Crippen LogP contribution >= 0.6 is 0 Å². The summed E-state index contributed by atoms with van der Waals surface area (Å²) in [4.78, 5) is 19.7. The monoisotopic (exact) mass is 541 g/mol. The maximum Gasteiger partial charge on any atom is 0.251 e. The largest absolute Gasteiger partial charge is 0.378 e. The lowest BCUT2D eigenvalue weighted by Gasteiger charge is -2.28. The molecule has 1 fully saturated rings. The van der Waals surface area contributed by atoms with Crippen molar-refractivity contribution in [2.45, 2.75) is 18.4 Å². The number of nitrogens with zero attached hydrogens (tertiary/aromatic N) is 2. The van der Waals surface area contributed by atoms with Gasteiger partial charge in [-0.25, -0.2) is 8.42 Å². The van der Waals surface area contributed by atoms with E-state index in [1.54, 1.807) is 25.3 Å². The van der Waals surface area contributed by atoms with E-state index in [4.69, 9.17) is 4.74 Å². The van der Waals surface area contributed by atoms with Crippen LogP contribution in [-0.2, 0) is 21.1 Å². The molecule has 5 rings (SSSR count). The third-order valence-corrected chi connectivity index (χ3v) is 8.11. The molecule has 0 radical (unpaired) electrons. The van der Waals surface area contributed by atoms with Crippen LogP contribution in [0.3, 0.4) is 0 Å². The molecule has 0 spiro atoms. The predicted molar refractivity (Wildman–Crippen MR) is 154 cm³/mol. The number of anilines is 1. The zero-order valence-electron chi connectivity index (χ0n) is 22.1. The normalized spacial score (nSPS) is 13.7. The minimum atomic E-state index is -3.42. The lowest BCUT2D eigenvalue weighted by atomic mass is 9.99. The van der Waals surface area contributed by atoms with Gasteiger partial charge in [-0.2, -0.15) is 0 Å². The summed E-state index contributed by atoms with van der Waals surface area (Å²) in [5.74, 6) is -0.352. The molecule has 0 bridgehead atoms. The molecule has 1 aliphatic rings. The van der Waals surface area contributed by atoms with Gasteiger partial charge < -0.3 is 15.0 Å². The highest BCUT2D eigenvalue weighted by atomic mass is 32.2. The van der Waals surface area contributed by atoms with Gasteiger partial charge in [0.1, 0.15) is 0 Å². The first-order chi connectivity index (χ1) is 18.8. The van der Waals surface area contributed by atoms with Crippen LogP contribution in [0.4, 0.5) is 5.69 Å². The minimum Gasteiger partial charge on any atom is -0.378 e. The van der Waals surface area contributed by atoms with Crippen LogP contribution in [0, 0.1) is 6.92 Å². The van der Waals surface area contributed by atoms with Crippen LogP contribution in [0.2, 0.25) is 0 Å². The minimum absolute atomic E-state index is 0.158. The van der Waals surface area contributed by atoms with Gasteiger partial charge in [-0.05, 0) is 77.2 Å². The molecule has 0 unspecified atom stereocenters. The summed E-state index contributed by atoms with van der Waals surface area (Å²) in [5, 5.41) is 2.85. The van der Waals surface area contributed by atoms with Gasteiger partial charge in [-0.15, -0.1) is 0 Å².